The van der Waals surface area contributed by atoms with Crippen LogP contribution in [0, 0.1) is 0 Å². The summed E-state index contributed by atoms with van der Waals surface area (Å²) in [5.41, 5.74) is 5.33. The number of hydrogen-bond donors (Lipinski definition) is 1. The van der Waals surface area contributed by atoms with Crippen LogP contribution in [0.5, 0.6) is 0 Å². The summed E-state index contributed by atoms with van der Waals surface area (Å²) in [6.45, 7) is 5.49. The number of carbonyl (C=O) groups is 1. The Balaban J connectivity index is 2.56. The first-order valence-corrected chi connectivity index (χ1v) is 5.21. The van der Waals surface area contributed by atoms with Crippen molar-refractivity contribution >= 4 is 17.7 Å². The molecule has 4 heteroatoms. The van der Waals surface area contributed by atoms with Crippen molar-refractivity contribution in [3.63, 3.8) is 0 Å². The van der Waals surface area contributed by atoms with Crippen LogP contribution in [-0.4, -0.2) is 34.5 Å². The zero-order valence-electron chi connectivity index (χ0n) is 7.67. The van der Waals surface area contributed by atoms with Gasteiger partial charge in [-0.1, -0.05) is 0 Å². The fourth-order valence-corrected chi connectivity index (χ4v) is 2.54. The van der Waals surface area contributed by atoms with E-state index in [1.54, 1.807) is 0 Å². The lowest BCUT2D eigenvalue weighted by Gasteiger charge is -2.30. The molecule has 1 saturated heterocycles. The molecule has 0 radical (unpaired) electrons. The van der Waals surface area contributed by atoms with Crippen LogP contribution in [0.3, 0.4) is 0 Å². The molecule has 0 aliphatic carbocycles. The van der Waals surface area contributed by atoms with Gasteiger partial charge in [0.15, 0.2) is 0 Å². The summed E-state index contributed by atoms with van der Waals surface area (Å²) in [5.74, 6) is 1.23. The van der Waals surface area contributed by atoms with E-state index in [0.717, 1.165) is 12.3 Å². The fourth-order valence-electron chi connectivity index (χ4n) is 1.42. The van der Waals surface area contributed by atoms with Gasteiger partial charge >= 0.3 is 0 Å². The second-order valence-electron chi connectivity index (χ2n) is 3.38. The maximum Gasteiger partial charge on any atom is 0.224 e. The van der Waals surface area contributed by atoms with Gasteiger partial charge in [-0.05, 0) is 13.8 Å². The lowest BCUT2D eigenvalue weighted by Crippen LogP contribution is -2.41. The Morgan fingerprint density at radius 3 is 2.75 bits per heavy atom. The Kier molecular flexibility index (Phi) is 3.01. The van der Waals surface area contributed by atoms with E-state index in [0.29, 0.717) is 13.0 Å². The highest BCUT2D eigenvalue weighted by atomic mass is 32.2. The van der Waals surface area contributed by atoms with E-state index in [4.69, 9.17) is 5.73 Å². The van der Waals surface area contributed by atoms with Gasteiger partial charge in [0.1, 0.15) is 0 Å². The summed E-state index contributed by atoms with van der Waals surface area (Å²) in [6, 6.07) is 0. The van der Waals surface area contributed by atoms with Crippen molar-refractivity contribution in [2.45, 2.75) is 25.1 Å². The van der Waals surface area contributed by atoms with Crippen molar-refractivity contribution in [1.29, 1.82) is 0 Å². The first-order chi connectivity index (χ1) is 5.58. The molecule has 1 aliphatic rings. The van der Waals surface area contributed by atoms with E-state index >= 15 is 0 Å². The van der Waals surface area contributed by atoms with Gasteiger partial charge in [0.05, 0.1) is 4.87 Å². The van der Waals surface area contributed by atoms with Crippen LogP contribution in [0.15, 0.2) is 0 Å². The third-order valence-corrected chi connectivity index (χ3v) is 3.39. The Morgan fingerprint density at radius 1 is 1.67 bits per heavy atom. The van der Waals surface area contributed by atoms with Crippen molar-refractivity contribution in [2.24, 2.45) is 5.73 Å². The molecule has 0 saturated carbocycles. The summed E-state index contributed by atoms with van der Waals surface area (Å²) in [5, 5.41) is 0. The molecule has 0 spiro atoms. The summed E-state index contributed by atoms with van der Waals surface area (Å²) in [4.78, 5) is 13.4. The number of nitrogens with two attached hydrogens (primary N) is 1. The van der Waals surface area contributed by atoms with Crippen LogP contribution >= 0.6 is 11.8 Å². The topological polar surface area (TPSA) is 46.3 Å². The van der Waals surface area contributed by atoms with Gasteiger partial charge < -0.3 is 10.6 Å². The largest absolute Gasteiger partial charge is 0.330 e. The molecule has 0 unspecified atom stereocenters. The molecule has 3 nitrogen and oxygen atoms in total. The van der Waals surface area contributed by atoms with Crippen molar-refractivity contribution in [2.75, 3.05) is 18.8 Å². The Hall–Kier alpha value is -0.220. The monoisotopic (exact) mass is 188 g/mol. The first-order valence-electron chi connectivity index (χ1n) is 4.22. The number of amides is 1. The van der Waals surface area contributed by atoms with Gasteiger partial charge in [0.2, 0.25) is 5.91 Å². The van der Waals surface area contributed by atoms with E-state index in [9.17, 15) is 4.79 Å². The lowest BCUT2D eigenvalue weighted by atomic mass is 10.2. The van der Waals surface area contributed by atoms with Crippen molar-refractivity contribution in [3.05, 3.63) is 0 Å². The van der Waals surface area contributed by atoms with Crippen LogP contribution in [0.1, 0.15) is 20.3 Å². The van der Waals surface area contributed by atoms with Gasteiger partial charge in [-0.3, -0.25) is 4.79 Å². The predicted octanol–water partition coefficient (Wildman–Crippen LogP) is 0.647. The molecule has 0 aromatic heterocycles. The van der Waals surface area contributed by atoms with Crippen molar-refractivity contribution in [3.8, 4) is 0 Å². The number of carbonyl (C=O) groups excluding carboxylic acids is 1. The highest BCUT2D eigenvalue weighted by Crippen LogP contribution is 2.34. The molecule has 1 aliphatic heterocycles. The molecule has 0 bridgehead atoms. The lowest BCUT2D eigenvalue weighted by molar-refractivity contribution is -0.132. The minimum atomic E-state index is -0.0216. The average Bonchev–Trinajstić information content (AvgIpc) is 2.30. The third kappa shape index (κ3) is 1.93. The Morgan fingerprint density at radius 2 is 2.33 bits per heavy atom. The molecule has 1 amide bonds. The first kappa shape index (κ1) is 9.86. The average molecular weight is 188 g/mol. The molecule has 1 rings (SSSR count). The SMILES string of the molecule is CC1(C)SCCN1C(=O)CCN. The van der Waals surface area contributed by atoms with Crippen molar-refractivity contribution in [1.82, 2.24) is 4.90 Å². The summed E-state index contributed by atoms with van der Waals surface area (Å²) >= 11 is 1.83. The number of thioether (sulfide) groups is 1. The zero-order valence-corrected chi connectivity index (χ0v) is 8.49. The second kappa shape index (κ2) is 3.66. The summed E-state index contributed by atoms with van der Waals surface area (Å²) in [7, 11) is 0. The number of nitrogens with zero attached hydrogens (tertiary/aromatic N) is 1. The van der Waals surface area contributed by atoms with Crippen LogP contribution in [0.25, 0.3) is 0 Å². The predicted molar refractivity (Wildman–Crippen MR) is 51.9 cm³/mol. The van der Waals surface area contributed by atoms with E-state index in [-0.39, 0.29) is 10.8 Å². The standard InChI is InChI=1S/C8H16N2OS/c1-8(2)10(5-6-12-8)7(11)3-4-9/h3-6,9H2,1-2H3. The fraction of sp³-hybridized carbons (Fsp3) is 0.875. The van der Waals surface area contributed by atoms with E-state index < -0.39 is 0 Å². The molecule has 0 aromatic rings. The molecule has 0 aromatic carbocycles. The van der Waals surface area contributed by atoms with Gasteiger partial charge in [-0.2, -0.15) is 0 Å². The molecule has 12 heavy (non-hydrogen) atoms. The van der Waals surface area contributed by atoms with E-state index in [1.165, 1.54) is 0 Å². The number of hydrogen-bond acceptors (Lipinski definition) is 3. The third-order valence-electron chi connectivity index (χ3n) is 2.08. The van der Waals surface area contributed by atoms with Crippen LogP contribution in [0.4, 0.5) is 0 Å². The Labute approximate surface area is 77.7 Å². The highest BCUT2D eigenvalue weighted by Gasteiger charge is 2.35. The second-order valence-corrected chi connectivity index (χ2v) is 5.08. The maximum atomic E-state index is 11.5. The van der Waals surface area contributed by atoms with Crippen molar-refractivity contribution < 1.29 is 4.79 Å². The van der Waals surface area contributed by atoms with Crippen LogP contribution < -0.4 is 5.73 Å². The normalized spacial score (nSPS) is 21.4. The van der Waals surface area contributed by atoms with Gasteiger partial charge in [0.25, 0.3) is 0 Å². The van der Waals surface area contributed by atoms with Gasteiger partial charge in [-0.15, -0.1) is 11.8 Å². The van der Waals surface area contributed by atoms with E-state index in [1.807, 2.05) is 16.7 Å². The van der Waals surface area contributed by atoms with Crippen LogP contribution in [0.2, 0.25) is 0 Å². The van der Waals surface area contributed by atoms with Crippen LogP contribution in [-0.2, 0) is 4.79 Å². The van der Waals surface area contributed by atoms with Gasteiger partial charge in [0, 0.05) is 25.3 Å². The molecule has 1 heterocycles. The smallest absolute Gasteiger partial charge is 0.224 e. The quantitative estimate of drug-likeness (QED) is 0.692. The summed E-state index contributed by atoms with van der Waals surface area (Å²) in [6.07, 6.45) is 0.476. The minimum Gasteiger partial charge on any atom is -0.330 e. The maximum absolute atomic E-state index is 11.5. The van der Waals surface area contributed by atoms with E-state index in [2.05, 4.69) is 13.8 Å². The Bertz CT molecular complexity index is 182. The van der Waals surface area contributed by atoms with Gasteiger partial charge in [-0.25, -0.2) is 0 Å². The molecule has 70 valence electrons. The molecule has 0 atom stereocenters. The molecule has 2 N–H and O–H groups in total. The minimum absolute atomic E-state index is 0.0216. The molecule has 1 fully saturated rings. The molecular formula is C8H16N2OS. The zero-order chi connectivity index (χ0) is 9.19. The molecular weight excluding hydrogens is 172 g/mol. The summed E-state index contributed by atoms with van der Waals surface area (Å²) < 4.78 is 0. The highest BCUT2D eigenvalue weighted by molar-refractivity contribution is 8.00. The number of rotatable bonds is 2.